The zero-order valence-corrected chi connectivity index (χ0v) is 11.2. The van der Waals surface area contributed by atoms with E-state index < -0.39 is 5.97 Å². The number of carbonyl (C=O) groups excluding carboxylic acids is 1. The number of benzene rings is 1. The first-order chi connectivity index (χ1) is 9.27. The molecule has 1 aromatic carbocycles. The molecule has 0 saturated heterocycles. The van der Waals surface area contributed by atoms with Gasteiger partial charge in [0.1, 0.15) is 5.69 Å². The summed E-state index contributed by atoms with van der Waals surface area (Å²) in [4.78, 5) is 11.9. The Morgan fingerprint density at radius 1 is 1.26 bits per heavy atom. The van der Waals surface area contributed by atoms with Crippen molar-refractivity contribution in [3.05, 3.63) is 36.0 Å². The van der Waals surface area contributed by atoms with E-state index >= 15 is 0 Å². The van der Waals surface area contributed by atoms with Crippen molar-refractivity contribution in [3.8, 4) is 11.3 Å². The molecule has 0 aliphatic rings. The molecule has 0 saturated carbocycles. The maximum absolute atomic E-state index is 11.9. The second kappa shape index (κ2) is 6.13. The van der Waals surface area contributed by atoms with Crippen LogP contribution >= 0.6 is 0 Å². The first-order valence-corrected chi connectivity index (χ1v) is 6.44. The Hall–Kier alpha value is -2.17. The Morgan fingerprint density at radius 2 is 2.00 bits per heavy atom. The van der Waals surface area contributed by atoms with E-state index in [1.54, 1.807) is 11.6 Å². The highest BCUT2D eigenvalue weighted by atomic mass is 16.5. The third-order valence-electron chi connectivity index (χ3n) is 2.69. The summed E-state index contributed by atoms with van der Waals surface area (Å²) in [6.45, 7) is 4.88. The smallest absolute Gasteiger partial charge is 0.361 e. The van der Waals surface area contributed by atoms with Crippen LogP contribution in [0.2, 0.25) is 0 Å². The maximum atomic E-state index is 11.9. The average molecular weight is 259 g/mol. The number of aryl methyl sites for hydroxylation is 1. The fraction of sp³-hybridized carbons (Fsp3) is 0.357. The number of esters is 1. The van der Waals surface area contributed by atoms with Crippen molar-refractivity contribution in [2.45, 2.75) is 26.8 Å². The third-order valence-corrected chi connectivity index (χ3v) is 2.69. The highest BCUT2D eigenvalue weighted by Crippen LogP contribution is 2.22. The largest absolute Gasteiger partial charge is 0.461 e. The van der Waals surface area contributed by atoms with Gasteiger partial charge in [0.2, 0.25) is 0 Å². The van der Waals surface area contributed by atoms with E-state index in [1.165, 1.54) is 0 Å². The Balaban J connectivity index is 2.48. The maximum Gasteiger partial charge on any atom is 0.361 e. The van der Waals surface area contributed by atoms with E-state index in [4.69, 9.17) is 4.74 Å². The third kappa shape index (κ3) is 2.81. The van der Waals surface area contributed by atoms with Crippen molar-refractivity contribution in [3.63, 3.8) is 0 Å². The van der Waals surface area contributed by atoms with Crippen molar-refractivity contribution in [1.29, 1.82) is 0 Å². The number of rotatable bonds is 5. The molecule has 100 valence electrons. The second-order valence-electron chi connectivity index (χ2n) is 4.10. The molecule has 0 amide bonds. The second-order valence-corrected chi connectivity index (χ2v) is 4.10. The molecule has 19 heavy (non-hydrogen) atoms. The zero-order chi connectivity index (χ0) is 13.7. The average Bonchev–Trinajstić information content (AvgIpc) is 2.84. The van der Waals surface area contributed by atoms with Crippen molar-refractivity contribution < 1.29 is 9.53 Å². The van der Waals surface area contributed by atoms with Crippen LogP contribution in [0.3, 0.4) is 0 Å². The Morgan fingerprint density at radius 3 is 2.63 bits per heavy atom. The summed E-state index contributed by atoms with van der Waals surface area (Å²) < 4.78 is 6.78. The van der Waals surface area contributed by atoms with Crippen LogP contribution in [0.1, 0.15) is 30.8 Å². The van der Waals surface area contributed by atoms with Gasteiger partial charge in [-0.3, -0.25) is 0 Å². The zero-order valence-electron chi connectivity index (χ0n) is 11.2. The van der Waals surface area contributed by atoms with Crippen molar-refractivity contribution >= 4 is 5.97 Å². The molecule has 0 N–H and O–H groups in total. The predicted molar refractivity (Wildman–Crippen MR) is 71.7 cm³/mol. The van der Waals surface area contributed by atoms with Gasteiger partial charge in [-0.1, -0.05) is 42.5 Å². The number of aromatic nitrogens is 3. The van der Waals surface area contributed by atoms with Crippen LogP contribution in [-0.4, -0.2) is 27.6 Å². The molecule has 1 aromatic heterocycles. The van der Waals surface area contributed by atoms with Gasteiger partial charge in [-0.15, -0.1) is 5.10 Å². The standard InChI is InChI=1S/C14H17N3O2/c1-3-10-17-13(11-8-6-5-7-9-11)12(15-16-17)14(18)19-4-2/h5-9H,3-4,10H2,1-2H3. The molecule has 5 nitrogen and oxygen atoms in total. The van der Waals surface area contributed by atoms with Gasteiger partial charge in [-0.2, -0.15) is 0 Å². The molecule has 5 heteroatoms. The fourth-order valence-corrected chi connectivity index (χ4v) is 1.90. The van der Waals surface area contributed by atoms with Crippen LogP contribution in [0.4, 0.5) is 0 Å². The van der Waals surface area contributed by atoms with E-state index in [9.17, 15) is 4.79 Å². The molecule has 0 radical (unpaired) electrons. The molecule has 0 spiro atoms. The molecule has 0 bridgehead atoms. The molecule has 0 atom stereocenters. The number of nitrogens with zero attached hydrogens (tertiary/aromatic N) is 3. The molecule has 1 heterocycles. The quantitative estimate of drug-likeness (QED) is 0.774. The Kier molecular flexibility index (Phi) is 4.28. The fourth-order valence-electron chi connectivity index (χ4n) is 1.90. The molecule has 0 fully saturated rings. The topological polar surface area (TPSA) is 57.0 Å². The summed E-state index contributed by atoms with van der Waals surface area (Å²) in [6, 6.07) is 9.66. The van der Waals surface area contributed by atoms with Crippen LogP contribution < -0.4 is 0 Å². The minimum absolute atomic E-state index is 0.279. The minimum atomic E-state index is -0.427. The highest BCUT2D eigenvalue weighted by molar-refractivity contribution is 5.94. The number of hydrogen-bond donors (Lipinski definition) is 0. The molecule has 0 aliphatic carbocycles. The normalized spacial score (nSPS) is 10.4. The molecular formula is C14H17N3O2. The van der Waals surface area contributed by atoms with E-state index in [0.717, 1.165) is 24.2 Å². The van der Waals surface area contributed by atoms with Gasteiger partial charge in [0.25, 0.3) is 0 Å². The summed E-state index contributed by atoms with van der Waals surface area (Å²) in [5.41, 5.74) is 1.92. The van der Waals surface area contributed by atoms with Crippen LogP contribution in [0.5, 0.6) is 0 Å². The lowest BCUT2D eigenvalue weighted by Crippen LogP contribution is -2.08. The van der Waals surface area contributed by atoms with Crippen LogP contribution in [0, 0.1) is 0 Å². The van der Waals surface area contributed by atoms with Gasteiger partial charge in [0, 0.05) is 12.1 Å². The lowest BCUT2D eigenvalue weighted by atomic mass is 10.1. The van der Waals surface area contributed by atoms with Crippen LogP contribution in [-0.2, 0) is 11.3 Å². The van der Waals surface area contributed by atoms with Crippen molar-refractivity contribution in [1.82, 2.24) is 15.0 Å². The molecule has 0 aliphatic heterocycles. The predicted octanol–water partition coefficient (Wildman–Crippen LogP) is 2.53. The van der Waals surface area contributed by atoms with Gasteiger partial charge < -0.3 is 4.74 Å². The van der Waals surface area contributed by atoms with Gasteiger partial charge >= 0.3 is 5.97 Å². The summed E-state index contributed by atoms with van der Waals surface area (Å²) in [7, 11) is 0. The molecule has 2 rings (SSSR count). The van der Waals surface area contributed by atoms with E-state index in [-0.39, 0.29) is 5.69 Å². The van der Waals surface area contributed by atoms with E-state index in [2.05, 4.69) is 17.2 Å². The Bertz CT molecular complexity index is 549. The summed E-state index contributed by atoms with van der Waals surface area (Å²) in [6.07, 6.45) is 0.922. The van der Waals surface area contributed by atoms with Gasteiger partial charge in [0.15, 0.2) is 5.69 Å². The summed E-state index contributed by atoms with van der Waals surface area (Å²) >= 11 is 0. The Labute approximate surface area is 112 Å². The molecule has 2 aromatic rings. The first kappa shape index (κ1) is 13.3. The SMILES string of the molecule is CCCn1nnc(C(=O)OCC)c1-c1ccccc1. The van der Waals surface area contributed by atoms with Gasteiger partial charge in [-0.25, -0.2) is 9.48 Å². The first-order valence-electron chi connectivity index (χ1n) is 6.44. The van der Waals surface area contributed by atoms with Crippen molar-refractivity contribution in [2.75, 3.05) is 6.61 Å². The lowest BCUT2D eigenvalue weighted by Gasteiger charge is -2.06. The van der Waals surface area contributed by atoms with Gasteiger partial charge in [-0.05, 0) is 13.3 Å². The monoisotopic (exact) mass is 259 g/mol. The highest BCUT2D eigenvalue weighted by Gasteiger charge is 2.21. The summed E-state index contributed by atoms with van der Waals surface area (Å²) in [5, 5.41) is 8.02. The molecule has 0 unspecified atom stereocenters. The summed E-state index contributed by atoms with van der Waals surface area (Å²) in [5.74, 6) is -0.427. The van der Waals surface area contributed by atoms with E-state index in [1.807, 2.05) is 30.3 Å². The number of carbonyl (C=O) groups is 1. The lowest BCUT2D eigenvalue weighted by molar-refractivity contribution is 0.0520. The van der Waals surface area contributed by atoms with Crippen LogP contribution in [0.15, 0.2) is 30.3 Å². The van der Waals surface area contributed by atoms with Crippen molar-refractivity contribution in [2.24, 2.45) is 0 Å². The number of ether oxygens (including phenoxy) is 1. The van der Waals surface area contributed by atoms with Gasteiger partial charge in [0.05, 0.1) is 6.61 Å². The van der Waals surface area contributed by atoms with Crippen LogP contribution in [0.25, 0.3) is 11.3 Å². The minimum Gasteiger partial charge on any atom is -0.461 e. The van der Waals surface area contributed by atoms with E-state index in [0.29, 0.717) is 6.61 Å². The molecular weight excluding hydrogens is 242 g/mol. The number of hydrogen-bond acceptors (Lipinski definition) is 4.